The quantitative estimate of drug-likeness (QED) is 0.368. The van der Waals surface area contributed by atoms with E-state index in [1.54, 1.807) is 43.5 Å². The van der Waals surface area contributed by atoms with E-state index in [2.05, 4.69) is 0 Å². The Bertz CT molecular complexity index is 1120. The number of hydrogen-bond acceptors (Lipinski definition) is 5. The standard InChI is InChI=1S/C23H15FO5/c1-27-17-8-2-14(3-9-17)12-21-22(25)19-11-10-18(13-20(19)29-21)28-23(26)15-4-6-16(24)7-5-15/h2-13H,1H3. The fraction of sp³-hybridized carbons (Fsp3) is 0.0435. The Balaban J connectivity index is 1.52. The van der Waals surface area contributed by atoms with Crippen molar-refractivity contribution in [3.05, 3.63) is 95.0 Å². The number of carbonyl (C=O) groups excluding carboxylic acids is 2. The van der Waals surface area contributed by atoms with Gasteiger partial charge in [-0.2, -0.15) is 0 Å². The van der Waals surface area contributed by atoms with Gasteiger partial charge in [0.25, 0.3) is 0 Å². The largest absolute Gasteiger partial charge is 0.497 e. The number of fused-ring (bicyclic) bond motifs is 1. The minimum atomic E-state index is -0.636. The predicted octanol–water partition coefficient (Wildman–Crippen LogP) is 4.67. The van der Waals surface area contributed by atoms with Crippen molar-refractivity contribution in [3.63, 3.8) is 0 Å². The third-order valence-corrected chi connectivity index (χ3v) is 4.35. The Hall–Kier alpha value is -3.93. The van der Waals surface area contributed by atoms with Crippen LogP contribution in [0.5, 0.6) is 17.2 Å². The Morgan fingerprint density at radius 2 is 1.66 bits per heavy atom. The zero-order valence-corrected chi connectivity index (χ0v) is 15.3. The summed E-state index contributed by atoms with van der Waals surface area (Å²) in [5.74, 6) is 0.0716. The summed E-state index contributed by atoms with van der Waals surface area (Å²) in [4.78, 5) is 24.7. The van der Waals surface area contributed by atoms with Crippen LogP contribution in [0.1, 0.15) is 26.3 Å². The van der Waals surface area contributed by atoms with Crippen LogP contribution in [0.25, 0.3) is 6.08 Å². The molecule has 0 spiro atoms. The van der Waals surface area contributed by atoms with E-state index in [9.17, 15) is 14.0 Å². The lowest BCUT2D eigenvalue weighted by Gasteiger charge is -2.05. The number of rotatable bonds is 4. The highest BCUT2D eigenvalue weighted by atomic mass is 19.1. The summed E-state index contributed by atoms with van der Waals surface area (Å²) >= 11 is 0. The van der Waals surface area contributed by atoms with Crippen molar-refractivity contribution in [2.75, 3.05) is 7.11 Å². The summed E-state index contributed by atoms with van der Waals surface area (Å²) in [6.07, 6.45) is 1.63. The predicted molar refractivity (Wildman–Crippen MR) is 104 cm³/mol. The van der Waals surface area contributed by atoms with Gasteiger partial charge < -0.3 is 14.2 Å². The second-order valence-corrected chi connectivity index (χ2v) is 6.27. The molecule has 0 saturated heterocycles. The second-order valence-electron chi connectivity index (χ2n) is 6.27. The molecule has 29 heavy (non-hydrogen) atoms. The van der Waals surface area contributed by atoms with Crippen LogP contribution in [0.2, 0.25) is 0 Å². The second kappa shape index (κ2) is 7.59. The van der Waals surface area contributed by atoms with Gasteiger partial charge in [0.2, 0.25) is 5.78 Å². The molecule has 0 N–H and O–H groups in total. The molecule has 6 heteroatoms. The van der Waals surface area contributed by atoms with E-state index in [-0.39, 0.29) is 22.9 Å². The molecule has 3 aromatic rings. The molecule has 0 amide bonds. The maximum atomic E-state index is 13.0. The van der Waals surface area contributed by atoms with Crippen LogP contribution in [0.15, 0.2) is 72.5 Å². The number of ketones is 1. The zero-order chi connectivity index (χ0) is 20.4. The zero-order valence-electron chi connectivity index (χ0n) is 15.3. The van der Waals surface area contributed by atoms with E-state index in [4.69, 9.17) is 14.2 Å². The number of benzene rings is 3. The van der Waals surface area contributed by atoms with Crippen molar-refractivity contribution < 1.29 is 28.2 Å². The normalized spacial score (nSPS) is 13.7. The van der Waals surface area contributed by atoms with Crippen LogP contribution < -0.4 is 14.2 Å². The smallest absolute Gasteiger partial charge is 0.343 e. The highest BCUT2D eigenvalue weighted by molar-refractivity contribution is 6.14. The molecule has 0 aromatic heterocycles. The molecular weight excluding hydrogens is 375 g/mol. The van der Waals surface area contributed by atoms with E-state index >= 15 is 0 Å². The van der Waals surface area contributed by atoms with E-state index in [0.717, 1.165) is 5.56 Å². The first kappa shape index (κ1) is 18.4. The number of Topliss-reactive ketones (excluding diaryl/α,β-unsaturated/α-hetero) is 1. The molecule has 0 radical (unpaired) electrons. The van der Waals surface area contributed by atoms with Gasteiger partial charge in [-0.25, -0.2) is 9.18 Å². The molecule has 5 nitrogen and oxygen atoms in total. The molecule has 144 valence electrons. The molecule has 0 fully saturated rings. The molecule has 0 atom stereocenters. The average Bonchev–Trinajstić information content (AvgIpc) is 3.03. The average molecular weight is 390 g/mol. The van der Waals surface area contributed by atoms with Gasteiger partial charge in [-0.15, -0.1) is 0 Å². The lowest BCUT2D eigenvalue weighted by atomic mass is 10.1. The minimum Gasteiger partial charge on any atom is -0.497 e. The van der Waals surface area contributed by atoms with Crippen molar-refractivity contribution in [3.8, 4) is 17.2 Å². The number of hydrogen-bond donors (Lipinski definition) is 0. The number of methoxy groups -OCH3 is 1. The number of allylic oxidation sites excluding steroid dienone is 1. The Kier molecular flexibility index (Phi) is 4.83. The van der Waals surface area contributed by atoms with Crippen LogP contribution >= 0.6 is 0 Å². The fourth-order valence-electron chi connectivity index (χ4n) is 2.83. The third kappa shape index (κ3) is 3.87. The maximum absolute atomic E-state index is 13.0. The highest BCUT2D eigenvalue weighted by Gasteiger charge is 2.28. The summed E-state index contributed by atoms with van der Waals surface area (Å²) in [6.45, 7) is 0. The molecule has 0 aliphatic carbocycles. The number of esters is 1. The first-order valence-corrected chi connectivity index (χ1v) is 8.73. The molecule has 1 aliphatic heterocycles. The van der Waals surface area contributed by atoms with Gasteiger partial charge in [-0.1, -0.05) is 12.1 Å². The molecule has 1 heterocycles. The number of halogens is 1. The van der Waals surface area contributed by atoms with Gasteiger partial charge in [0.15, 0.2) is 5.76 Å². The Morgan fingerprint density at radius 1 is 0.966 bits per heavy atom. The van der Waals surface area contributed by atoms with Crippen LogP contribution in [-0.2, 0) is 0 Å². The van der Waals surface area contributed by atoms with Gasteiger partial charge in [0.05, 0.1) is 18.2 Å². The van der Waals surface area contributed by atoms with Crippen molar-refractivity contribution in [2.45, 2.75) is 0 Å². The van der Waals surface area contributed by atoms with Crippen LogP contribution in [-0.4, -0.2) is 18.9 Å². The summed E-state index contributed by atoms with van der Waals surface area (Å²) in [7, 11) is 1.58. The van der Waals surface area contributed by atoms with Crippen LogP contribution in [0.4, 0.5) is 4.39 Å². The van der Waals surface area contributed by atoms with Crippen molar-refractivity contribution in [1.29, 1.82) is 0 Å². The summed E-state index contributed by atoms with van der Waals surface area (Å²) < 4.78 is 29.1. The van der Waals surface area contributed by atoms with E-state index in [0.29, 0.717) is 17.1 Å². The maximum Gasteiger partial charge on any atom is 0.343 e. The summed E-state index contributed by atoms with van der Waals surface area (Å²) in [5, 5.41) is 0. The topological polar surface area (TPSA) is 61.8 Å². The Labute approximate surface area is 166 Å². The molecule has 0 bridgehead atoms. The van der Waals surface area contributed by atoms with Gasteiger partial charge >= 0.3 is 5.97 Å². The van der Waals surface area contributed by atoms with Crippen LogP contribution in [0.3, 0.4) is 0 Å². The number of ether oxygens (including phenoxy) is 3. The Morgan fingerprint density at radius 3 is 2.34 bits per heavy atom. The molecular formula is C23H15FO5. The molecule has 0 saturated carbocycles. The van der Waals surface area contributed by atoms with Crippen molar-refractivity contribution >= 4 is 17.8 Å². The van der Waals surface area contributed by atoms with Crippen molar-refractivity contribution in [2.24, 2.45) is 0 Å². The molecule has 0 unspecified atom stereocenters. The summed E-state index contributed by atoms with van der Waals surface area (Å²) in [6, 6.07) is 16.7. The monoisotopic (exact) mass is 390 g/mol. The fourth-order valence-corrected chi connectivity index (χ4v) is 2.83. The molecule has 3 aromatic carbocycles. The number of carbonyl (C=O) groups is 2. The van der Waals surface area contributed by atoms with E-state index < -0.39 is 11.8 Å². The first-order valence-electron chi connectivity index (χ1n) is 8.73. The highest BCUT2D eigenvalue weighted by Crippen LogP contribution is 2.35. The molecule has 4 rings (SSSR count). The first-order chi connectivity index (χ1) is 14.0. The lowest BCUT2D eigenvalue weighted by Crippen LogP contribution is -2.08. The minimum absolute atomic E-state index is 0.173. The van der Waals surface area contributed by atoms with Gasteiger partial charge in [-0.3, -0.25) is 4.79 Å². The SMILES string of the molecule is COc1ccc(C=C2Oc3cc(OC(=O)c4ccc(F)cc4)ccc3C2=O)cc1. The van der Waals surface area contributed by atoms with Crippen molar-refractivity contribution in [1.82, 2.24) is 0 Å². The third-order valence-electron chi connectivity index (χ3n) is 4.35. The molecule has 1 aliphatic rings. The van der Waals surface area contributed by atoms with Gasteiger partial charge in [0.1, 0.15) is 23.1 Å². The van der Waals surface area contributed by atoms with Gasteiger partial charge in [-0.05, 0) is 60.2 Å². The van der Waals surface area contributed by atoms with Gasteiger partial charge in [0, 0.05) is 6.07 Å². The van der Waals surface area contributed by atoms with E-state index in [1.165, 1.54) is 36.4 Å². The van der Waals surface area contributed by atoms with Crippen LogP contribution in [0, 0.1) is 5.82 Å². The summed E-state index contributed by atoms with van der Waals surface area (Å²) in [5.41, 5.74) is 1.38. The van der Waals surface area contributed by atoms with E-state index in [1.807, 2.05) is 0 Å². The lowest BCUT2D eigenvalue weighted by molar-refractivity contribution is 0.0734.